The molecule has 0 unspecified atom stereocenters. The van der Waals surface area contributed by atoms with E-state index in [9.17, 15) is 4.39 Å². The molecule has 0 aliphatic heterocycles. The van der Waals surface area contributed by atoms with Crippen molar-refractivity contribution in [1.82, 2.24) is 20.2 Å². The monoisotopic (exact) mass is 411 g/mol. The van der Waals surface area contributed by atoms with Crippen LogP contribution in [0.3, 0.4) is 0 Å². The normalized spacial score (nSPS) is 10.8. The number of halogens is 3. The molecule has 1 aromatic heterocycles. The quantitative estimate of drug-likeness (QED) is 0.653. The van der Waals surface area contributed by atoms with Gasteiger partial charge in [-0.05, 0) is 62.8 Å². The van der Waals surface area contributed by atoms with E-state index in [1.54, 1.807) is 10.7 Å². The summed E-state index contributed by atoms with van der Waals surface area (Å²) in [5.74, 6) is 0.0326. The van der Waals surface area contributed by atoms with Crippen LogP contribution in [0.2, 0.25) is 0 Å². The van der Waals surface area contributed by atoms with Gasteiger partial charge in [-0.2, -0.15) is 4.68 Å². The molecule has 0 spiro atoms. The van der Waals surface area contributed by atoms with E-state index in [2.05, 4.69) is 47.4 Å². The summed E-state index contributed by atoms with van der Waals surface area (Å²) in [5.41, 5.74) is 7.44. The zero-order chi connectivity index (χ0) is 15.0. The summed E-state index contributed by atoms with van der Waals surface area (Å²) in [6.45, 7) is 0. The fourth-order valence-corrected chi connectivity index (χ4v) is 2.67. The van der Waals surface area contributed by atoms with Crippen LogP contribution in [-0.2, 0) is 0 Å². The number of benzene rings is 2. The van der Waals surface area contributed by atoms with Crippen molar-refractivity contribution in [3.05, 3.63) is 51.2 Å². The van der Waals surface area contributed by atoms with E-state index < -0.39 is 5.82 Å². The number of rotatable bonds is 2. The number of hydrogen-bond donors (Lipinski definition) is 1. The Bertz CT molecular complexity index is 818. The van der Waals surface area contributed by atoms with Crippen molar-refractivity contribution in [2.45, 2.75) is 0 Å². The molecule has 0 saturated heterocycles. The molecule has 1 heterocycles. The van der Waals surface area contributed by atoms with Gasteiger partial charge in [0.15, 0.2) is 5.82 Å². The number of nitrogens with zero attached hydrogens (tertiary/aromatic N) is 4. The fraction of sp³-hybridized carbons (Fsp3) is 0. The van der Waals surface area contributed by atoms with E-state index in [0.717, 1.165) is 14.6 Å². The standard InChI is InChI=1S/C13H8Br2FN5/c14-7-1-4-10(15)12(5-7)21-13(18-19-20-21)9-3-2-8(16)6-11(9)17/h1-6H,17H2. The minimum atomic E-state index is -0.404. The maximum absolute atomic E-state index is 13.2. The second kappa shape index (κ2) is 5.53. The molecule has 0 aliphatic rings. The van der Waals surface area contributed by atoms with E-state index in [-0.39, 0.29) is 5.69 Å². The molecule has 0 radical (unpaired) electrons. The van der Waals surface area contributed by atoms with Crippen LogP contribution in [0.25, 0.3) is 17.1 Å². The van der Waals surface area contributed by atoms with E-state index in [1.807, 2.05) is 18.2 Å². The zero-order valence-corrected chi connectivity index (χ0v) is 13.6. The van der Waals surface area contributed by atoms with Gasteiger partial charge in [0.05, 0.1) is 5.69 Å². The molecular weight excluding hydrogens is 405 g/mol. The van der Waals surface area contributed by atoms with Gasteiger partial charge in [0.1, 0.15) is 5.82 Å². The van der Waals surface area contributed by atoms with Gasteiger partial charge in [-0.25, -0.2) is 4.39 Å². The Morgan fingerprint density at radius 1 is 1.10 bits per heavy atom. The first-order valence-electron chi connectivity index (χ1n) is 5.85. The number of anilines is 1. The van der Waals surface area contributed by atoms with Crippen LogP contribution in [0.1, 0.15) is 0 Å². The van der Waals surface area contributed by atoms with Gasteiger partial charge >= 0.3 is 0 Å². The lowest BCUT2D eigenvalue weighted by Crippen LogP contribution is -2.03. The van der Waals surface area contributed by atoms with Gasteiger partial charge in [0.25, 0.3) is 0 Å². The SMILES string of the molecule is Nc1cc(F)ccc1-c1nnnn1-c1cc(Br)ccc1Br. The second-order valence-electron chi connectivity index (χ2n) is 4.24. The molecule has 5 nitrogen and oxygen atoms in total. The van der Waals surface area contributed by atoms with Crippen LogP contribution in [0.4, 0.5) is 10.1 Å². The average molecular weight is 413 g/mol. The highest BCUT2D eigenvalue weighted by Crippen LogP contribution is 2.30. The van der Waals surface area contributed by atoms with Crippen LogP contribution < -0.4 is 5.73 Å². The second-order valence-corrected chi connectivity index (χ2v) is 6.01. The van der Waals surface area contributed by atoms with Gasteiger partial charge < -0.3 is 5.73 Å². The number of nitrogen functional groups attached to an aromatic ring is 1. The predicted octanol–water partition coefficient (Wildman–Crippen LogP) is 3.58. The summed E-state index contributed by atoms with van der Waals surface area (Å²) < 4.78 is 16.4. The highest BCUT2D eigenvalue weighted by atomic mass is 79.9. The van der Waals surface area contributed by atoms with Crippen molar-refractivity contribution < 1.29 is 4.39 Å². The third-order valence-corrected chi connectivity index (χ3v) is 4.02. The van der Waals surface area contributed by atoms with Crippen molar-refractivity contribution in [2.75, 3.05) is 5.73 Å². The topological polar surface area (TPSA) is 69.6 Å². The van der Waals surface area contributed by atoms with Crippen molar-refractivity contribution in [3.63, 3.8) is 0 Å². The van der Waals surface area contributed by atoms with Crippen LogP contribution in [0, 0.1) is 5.82 Å². The van der Waals surface area contributed by atoms with Crippen LogP contribution in [0.5, 0.6) is 0 Å². The van der Waals surface area contributed by atoms with Gasteiger partial charge in [-0.3, -0.25) is 0 Å². The van der Waals surface area contributed by atoms with Crippen molar-refractivity contribution >= 4 is 37.5 Å². The first-order valence-corrected chi connectivity index (χ1v) is 7.44. The number of nitrogens with two attached hydrogens (primary N) is 1. The molecule has 0 aliphatic carbocycles. The third kappa shape index (κ3) is 2.68. The Morgan fingerprint density at radius 3 is 2.67 bits per heavy atom. The highest BCUT2D eigenvalue weighted by molar-refractivity contribution is 9.11. The molecule has 3 aromatic rings. The molecule has 21 heavy (non-hydrogen) atoms. The Balaban J connectivity index is 2.19. The number of aromatic nitrogens is 4. The Hall–Kier alpha value is -1.80. The molecule has 0 amide bonds. The fourth-order valence-electron chi connectivity index (χ4n) is 1.90. The van der Waals surface area contributed by atoms with E-state index >= 15 is 0 Å². The first kappa shape index (κ1) is 14.2. The maximum Gasteiger partial charge on any atom is 0.189 e. The third-order valence-electron chi connectivity index (χ3n) is 2.86. The van der Waals surface area contributed by atoms with Gasteiger partial charge in [0.2, 0.25) is 0 Å². The molecule has 2 aromatic carbocycles. The molecule has 8 heteroatoms. The molecule has 3 rings (SSSR count). The summed E-state index contributed by atoms with van der Waals surface area (Å²) in [5, 5.41) is 11.7. The summed E-state index contributed by atoms with van der Waals surface area (Å²) >= 11 is 6.87. The van der Waals surface area contributed by atoms with Gasteiger partial charge in [0, 0.05) is 20.2 Å². The summed E-state index contributed by atoms with van der Waals surface area (Å²) in [7, 11) is 0. The molecule has 2 N–H and O–H groups in total. The largest absolute Gasteiger partial charge is 0.398 e. The Labute approximate surface area is 136 Å². The summed E-state index contributed by atoms with van der Waals surface area (Å²) in [4.78, 5) is 0. The smallest absolute Gasteiger partial charge is 0.189 e. The highest BCUT2D eigenvalue weighted by Gasteiger charge is 2.16. The summed E-state index contributed by atoms with van der Waals surface area (Å²) in [6.07, 6.45) is 0. The Morgan fingerprint density at radius 2 is 1.90 bits per heavy atom. The molecule has 0 atom stereocenters. The minimum absolute atomic E-state index is 0.275. The van der Waals surface area contributed by atoms with Crippen LogP contribution in [0.15, 0.2) is 45.3 Å². The van der Waals surface area contributed by atoms with Crippen molar-refractivity contribution in [1.29, 1.82) is 0 Å². The van der Waals surface area contributed by atoms with Gasteiger partial charge in [-0.15, -0.1) is 5.10 Å². The number of hydrogen-bond acceptors (Lipinski definition) is 4. The van der Waals surface area contributed by atoms with E-state index in [0.29, 0.717) is 11.4 Å². The lowest BCUT2D eigenvalue weighted by atomic mass is 10.1. The molecule has 106 valence electrons. The van der Waals surface area contributed by atoms with E-state index in [4.69, 9.17) is 5.73 Å². The van der Waals surface area contributed by atoms with Crippen LogP contribution in [-0.4, -0.2) is 20.2 Å². The summed E-state index contributed by atoms with van der Waals surface area (Å²) in [6, 6.07) is 9.75. The lowest BCUT2D eigenvalue weighted by molar-refractivity contribution is 0.628. The van der Waals surface area contributed by atoms with Gasteiger partial charge in [-0.1, -0.05) is 15.9 Å². The minimum Gasteiger partial charge on any atom is -0.398 e. The number of tetrazole rings is 1. The molecule has 0 bridgehead atoms. The molecular formula is C13H8Br2FN5. The zero-order valence-electron chi connectivity index (χ0n) is 10.5. The maximum atomic E-state index is 13.2. The average Bonchev–Trinajstić information content (AvgIpc) is 2.90. The van der Waals surface area contributed by atoms with E-state index in [1.165, 1.54) is 12.1 Å². The predicted molar refractivity (Wildman–Crippen MR) is 84.4 cm³/mol. The molecule has 0 saturated carbocycles. The van der Waals surface area contributed by atoms with Crippen molar-refractivity contribution in [2.24, 2.45) is 0 Å². The van der Waals surface area contributed by atoms with Crippen LogP contribution >= 0.6 is 31.9 Å². The lowest BCUT2D eigenvalue weighted by Gasteiger charge is -2.09. The molecule has 0 fully saturated rings. The Kier molecular flexibility index (Phi) is 3.73. The first-order chi connectivity index (χ1) is 10.1. The van der Waals surface area contributed by atoms with Crippen molar-refractivity contribution in [3.8, 4) is 17.1 Å².